The highest BCUT2D eigenvalue weighted by Crippen LogP contribution is 2.35. The predicted octanol–water partition coefficient (Wildman–Crippen LogP) is 2.91. The zero-order valence-corrected chi connectivity index (χ0v) is 10.9. The van der Waals surface area contributed by atoms with E-state index in [0.717, 1.165) is 24.3 Å². The molecule has 1 aromatic rings. The fraction of sp³-hybridized carbons (Fsp3) is 0.467. The molecule has 0 N–H and O–H groups in total. The molecule has 0 aliphatic carbocycles. The number of rotatable bonds is 5. The number of hydrogen-bond acceptors (Lipinski definition) is 3. The van der Waals surface area contributed by atoms with Gasteiger partial charge in [-0.1, -0.05) is 19.3 Å². The smallest absolute Gasteiger partial charge is 0.231 e. The van der Waals surface area contributed by atoms with Crippen LogP contribution >= 0.6 is 0 Å². The van der Waals surface area contributed by atoms with Gasteiger partial charge in [-0.2, -0.15) is 0 Å². The van der Waals surface area contributed by atoms with Gasteiger partial charge in [0.1, 0.15) is 6.61 Å². The molecular weight excluding hydrogens is 228 g/mol. The Hall–Kier alpha value is -1.66. The maximum absolute atomic E-state index is 5.54. The van der Waals surface area contributed by atoms with E-state index in [-0.39, 0.29) is 0 Å². The molecule has 96 valence electrons. The van der Waals surface area contributed by atoms with Crippen molar-refractivity contribution in [2.45, 2.75) is 33.3 Å². The predicted molar refractivity (Wildman–Crippen MR) is 69.7 cm³/mol. The fourth-order valence-electron chi connectivity index (χ4n) is 1.95. The van der Waals surface area contributed by atoms with Crippen LogP contribution in [-0.4, -0.2) is 13.4 Å². The Bertz CT molecular complexity index is 469. The van der Waals surface area contributed by atoms with E-state index in [9.17, 15) is 0 Å². The van der Waals surface area contributed by atoms with E-state index in [2.05, 4.69) is 24.8 Å². The second-order valence-electron chi connectivity index (χ2n) is 4.14. The van der Waals surface area contributed by atoms with Gasteiger partial charge in [0.25, 0.3) is 0 Å². The summed E-state index contributed by atoms with van der Waals surface area (Å²) in [6.45, 7) is 5.33. The van der Waals surface area contributed by atoms with Crippen LogP contribution in [0.1, 0.15) is 31.4 Å². The molecule has 0 unspecified atom stereocenters. The van der Waals surface area contributed by atoms with E-state index >= 15 is 0 Å². The standard InChI is InChI=1S/C15H18O3/c1-3-5-7-16-10-13-9-15-14(17-11-18-15)8-12(13)6-4-2/h8-9H,4,6-7,10-11H2,1-2H3. The maximum Gasteiger partial charge on any atom is 0.231 e. The van der Waals surface area contributed by atoms with Crippen LogP contribution in [0.5, 0.6) is 11.5 Å². The van der Waals surface area contributed by atoms with Crippen molar-refractivity contribution < 1.29 is 14.2 Å². The highest BCUT2D eigenvalue weighted by Gasteiger charge is 2.16. The Morgan fingerprint density at radius 3 is 2.61 bits per heavy atom. The van der Waals surface area contributed by atoms with Gasteiger partial charge in [0.15, 0.2) is 11.5 Å². The van der Waals surface area contributed by atoms with Gasteiger partial charge in [-0.05, 0) is 36.6 Å². The summed E-state index contributed by atoms with van der Waals surface area (Å²) >= 11 is 0. The van der Waals surface area contributed by atoms with Crippen LogP contribution in [0.4, 0.5) is 0 Å². The van der Waals surface area contributed by atoms with Gasteiger partial charge in [0.2, 0.25) is 6.79 Å². The van der Waals surface area contributed by atoms with Gasteiger partial charge >= 0.3 is 0 Å². The van der Waals surface area contributed by atoms with Crippen molar-refractivity contribution in [3.63, 3.8) is 0 Å². The zero-order chi connectivity index (χ0) is 12.8. The van der Waals surface area contributed by atoms with Crippen molar-refractivity contribution in [3.05, 3.63) is 23.3 Å². The lowest BCUT2D eigenvalue weighted by atomic mass is 10.0. The molecule has 1 aromatic carbocycles. The summed E-state index contributed by atoms with van der Waals surface area (Å²) in [6, 6.07) is 4.09. The highest BCUT2D eigenvalue weighted by molar-refractivity contribution is 5.48. The summed E-state index contributed by atoms with van der Waals surface area (Å²) in [7, 11) is 0. The average Bonchev–Trinajstić information content (AvgIpc) is 2.82. The molecule has 1 heterocycles. The molecule has 3 heteroatoms. The Morgan fingerprint density at radius 2 is 1.94 bits per heavy atom. The van der Waals surface area contributed by atoms with Crippen LogP contribution in [0.25, 0.3) is 0 Å². The van der Waals surface area contributed by atoms with E-state index in [4.69, 9.17) is 14.2 Å². The SMILES string of the molecule is CC#CCOCc1cc2c(cc1CCC)OCO2. The van der Waals surface area contributed by atoms with Crippen molar-refractivity contribution >= 4 is 0 Å². The van der Waals surface area contributed by atoms with Gasteiger partial charge in [-0.25, -0.2) is 0 Å². The van der Waals surface area contributed by atoms with Crippen molar-refractivity contribution in [3.8, 4) is 23.3 Å². The first-order chi connectivity index (χ1) is 8.85. The molecule has 0 radical (unpaired) electrons. The molecule has 0 aromatic heterocycles. The lowest BCUT2D eigenvalue weighted by molar-refractivity contribution is 0.152. The second kappa shape index (κ2) is 6.32. The molecule has 3 nitrogen and oxygen atoms in total. The summed E-state index contributed by atoms with van der Waals surface area (Å²) in [5.74, 6) is 7.37. The van der Waals surface area contributed by atoms with Gasteiger partial charge < -0.3 is 14.2 Å². The normalized spacial score (nSPS) is 12.1. The van der Waals surface area contributed by atoms with Crippen LogP contribution in [-0.2, 0) is 17.8 Å². The van der Waals surface area contributed by atoms with Crippen molar-refractivity contribution in [2.75, 3.05) is 13.4 Å². The third-order valence-corrected chi connectivity index (χ3v) is 2.82. The minimum atomic E-state index is 0.312. The first-order valence-electron chi connectivity index (χ1n) is 6.24. The first kappa shape index (κ1) is 12.8. The van der Waals surface area contributed by atoms with E-state index in [1.165, 1.54) is 11.1 Å². The van der Waals surface area contributed by atoms with E-state index in [1.54, 1.807) is 0 Å². The molecule has 18 heavy (non-hydrogen) atoms. The molecule has 0 saturated heterocycles. The molecule has 0 amide bonds. The summed E-state index contributed by atoms with van der Waals surface area (Å²) in [4.78, 5) is 0. The Labute approximate surface area is 108 Å². The van der Waals surface area contributed by atoms with Gasteiger partial charge in [0.05, 0.1) is 6.61 Å². The number of ether oxygens (including phenoxy) is 3. The summed E-state index contributed by atoms with van der Waals surface area (Å²) in [5.41, 5.74) is 2.44. The number of benzene rings is 1. The molecule has 0 spiro atoms. The van der Waals surface area contributed by atoms with E-state index in [1.807, 2.05) is 13.0 Å². The minimum Gasteiger partial charge on any atom is -0.454 e. The van der Waals surface area contributed by atoms with Gasteiger partial charge in [-0.15, -0.1) is 5.92 Å². The van der Waals surface area contributed by atoms with Gasteiger partial charge in [0, 0.05) is 0 Å². The zero-order valence-electron chi connectivity index (χ0n) is 10.9. The summed E-state index contributed by atoms with van der Waals surface area (Å²) < 4.78 is 16.3. The fourth-order valence-corrected chi connectivity index (χ4v) is 1.95. The molecule has 0 bridgehead atoms. The molecule has 1 aliphatic heterocycles. The monoisotopic (exact) mass is 246 g/mol. The van der Waals surface area contributed by atoms with Crippen molar-refractivity contribution in [1.29, 1.82) is 0 Å². The second-order valence-corrected chi connectivity index (χ2v) is 4.14. The largest absolute Gasteiger partial charge is 0.454 e. The third-order valence-electron chi connectivity index (χ3n) is 2.82. The molecule has 0 atom stereocenters. The highest BCUT2D eigenvalue weighted by atomic mass is 16.7. The van der Waals surface area contributed by atoms with Crippen LogP contribution in [0.3, 0.4) is 0 Å². The van der Waals surface area contributed by atoms with E-state index in [0.29, 0.717) is 20.0 Å². The average molecular weight is 246 g/mol. The molecule has 1 aliphatic rings. The van der Waals surface area contributed by atoms with Gasteiger partial charge in [-0.3, -0.25) is 0 Å². The molecular formula is C15H18O3. The Balaban J connectivity index is 2.12. The van der Waals surface area contributed by atoms with Crippen LogP contribution in [0.15, 0.2) is 12.1 Å². The maximum atomic E-state index is 5.54. The molecule has 2 rings (SSSR count). The van der Waals surface area contributed by atoms with Crippen LogP contribution in [0, 0.1) is 11.8 Å². The third kappa shape index (κ3) is 2.96. The van der Waals surface area contributed by atoms with E-state index < -0.39 is 0 Å². The van der Waals surface area contributed by atoms with Crippen LogP contribution < -0.4 is 9.47 Å². The Kier molecular flexibility index (Phi) is 4.49. The summed E-state index contributed by atoms with van der Waals surface area (Å²) in [5, 5.41) is 0. The minimum absolute atomic E-state index is 0.312. The topological polar surface area (TPSA) is 27.7 Å². The van der Waals surface area contributed by atoms with Crippen LogP contribution in [0.2, 0.25) is 0 Å². The lowest BCUT2D eigenvalue weighted by Crippen LogP contribution is -1.99. The molecule has 0 saturated carbocycles. The molecule has 0 fully saturated rings. The number of aryl methyl sites for hydroxylation is 1. The van der Waals surface area contributed by atoms with Crippen molar-refractivity contribution in [1.82, 2.24) is 0 Å². The summed E-state index contributed by atoms with van der Waals surface area (Å²) in [6.07, 6.45) is 2.12. The lowest BCUT2D eigenvalue weighted by Gasteiger charge is -2.10. The first-order valence-corrected chi connectivity index (χ1v) is 6.24. The van der Waals surface area contributed by atoms with Crippen molar-refractivity contribution in [2.24, 2.45) is 0 Å². The Morgan fingerprint density at radius 1 is 1.22 bits per heavy atom. The quantitative estimate of drug-likeness (QED) is 0.590. The number of fused-ring (bicyclic) bond motifs is 1. The number of hydrogen-bond donors (Lipinski definition) is 0.